The highest BCUT2D eigenvalue weighted by Gasteiger charge is 2.20. The Kier molecular flexibility index (Phi) is 4.84. The van der Waals surface area contributed by atoms with Crippen LogP contribution in [0.2, 0.25) is 0 Å². The molecule has 0 N–H and O–H groups in total. The van der Waals surface area contributed by atoms with E-state index < -0.39 is 0 Å². The van der Waals surface area contributed by atoms with E-state index in [2.05, 4.69) is 4.90 Å². The maximum atomic E-state index is 12.0. The molecular formula is C15H21NO4. The number of carbonyl (C=O) groups is 1. The summed E-state index contributed by atoms with van der Waals surface area (Å²) in [5.74, 6) is 0.223. The SMILES string of the molecule is CCOC(=O)c1c(C)cc(N2CCOCC2)cc1OC. The van der Waals surface area contributed by atoms with Crippen molar-refractivity contribution in [2.24, 2.45) is 0 Å². The molecule has 1 heterocycles. The predicted molar refractivity (Wildman–Crippen MR) is 76.7 cm³/mol. The number of nitrogens with zero attached hydrogens (tertiary/aromatic N) is 1. The fourth-order valence-electron chi connectivity index (χ4n) is 2.37. The first-order chi connectivity index (χ1) is 9.67. The molecule has 0 unspecified atom stereocenters. The van der Waals surface area contributed by atoms with Gasteiger partial charge in [0.05, 0.1) is 26.9 Å². The number of rotatable bonds is 4. The fraction of sp³-hybridized carbons (Fsp3) is 0.533. The van der Waals surface area contributed by atoms with E-state index in [0.717, 1.165) is 37.6 Å². The quantitative estimate of drug-likeness (QED) is 0.789. The molecule has 0 spiro atoms. The van der Waals surface area contributed by atoms with Gasteiger partial charge in [0, 0.05) is 24.8 Å². The molecule has 0 atom stereocenters. The highest BCUT2D eigenvalue weighted by Crippen LogP contribution is 2.30. The van der Waals surface area contributed by atoms with Gasteiger partial charge in [0.15, 0.2) is 0 Å². The lowest BCUT2D eigenvalue weighted by molar-refractivity contribution is 0.0522. The van der Waals surface area contributed by atoms with Crippen LogP contribution < -0.4 is 9.64 Å². The van der Waals surface area contributed by atoms with Gasteiger partial charge in [-0.3, -0.25) is 0 Å². The minimum atomic E-state index is -0.338. The largest absolute Gasteiger partial charge is 0.496 e. The Morgan fingerprint density at radius 1 is 1.35 bits per heavy atom. The molecule has 0 amide bonds. The van der Waals surface area contributed by atoms with Crippen molar-refractivity contribution in [1.82, 2.24) is 0 Å². The zero-order valence-corrected chi connectivity index (χ0v) is 12.3. The van der Waals surface area contributed by atoms with Gasteiger partial charge in [-0.2, -0.15) is 0 Å². The van der Waals surface area contributed by atoms with Crippen LogP contribution in [0.25, 0.3) is 0 Å². The summed E-state index contributed by atoms with van der Waals surface area (Å²) in [4.78, 5) is 14.2. The summed E-state index contributed by atoms with van der Waals surface area (Å²) >= 11 is 0. The Morgan fingerprint density at radius 2 is 2.05 bits per heavy atom. The number of benzene rings is 1. The average Bonchev–Trinajstić information content (AvgIpc) is 2.47. The van der Waals surface area contributed by atoms with Crippen LogP contribution in [0.15, 0.2) is 12.1 Å². The molecule has 1 saturated heterocycles. The number of anilines is 1. The van der Waals surface area contributed by atoms with Gasteiger partial charge >= 0.3 is 5.97 Å². The Bertz CT molecular complexity index is 481. The molecule has 110 valence electrons. The summed E-state index contributed by atoms with van der Waals surface area (Å²) in [5, 5.41) is 0. The van der Waals surface area contributed by atoms with E-state index >= 15 is 0 Å². The van der Waals surface area contributed by atoms with Crippen molar-refractivity contribution in [3.63, 3.8) is 0 Å². The van der Waals surface area contributed by atoms with E-state index in [9.17, 15) is 4.79 Å². The van der Waals surface area contributed by atoms with Crippen molar-refractivity contribution in [2.75, 3.05) is 44.9 Å². The van der Waals surface area contributed by atoms with Gasteiger partial charge in [-0.15, -0.1) is 0 Å². The molecule has 0 aromatic heterocycles. The Morgan fingerprint density at radius 3 is 2.65 bits per heavy atom. The number of methoxy groups -OCH3 is 1. The Labute approximate surface area is 119 Å². The number of esters is 1. The average molecular weight is 279 g/mol. The topological polar surface area (TPSA) is 48.0 Å². The molecule has 1 aromatic rings. The molecule has 0 bridgehead atoms. The van der Waals surface area contributed by atoms with Gasteiger partial charge in [-0.25, -0.2) is 4.79 Å². The molecule has 1 aliphatic heterocycles. The molecule has 5 nitrogen and oxygen atoms in total. The Balaban J connectivity index is 2.34. The first kappa shape index (κ1) is 14.7. The molecular weight excluding hydrogens is 258 g/mol. The second-order valence-corrected chi connectivity index (χ2v) is 4.66. The van der Waals surface area contributed by atoms with E-state index in [-0.39, 0.29) is 5.97 Å². The summed E-state index contributed by atoms with van der Waals surface area (Å²) < 4.78 is 15.8. The zero-order chi connectivity index (χ0) is 14.5. The van der Waals surface area contributed by atoms with E-state index in [4.69, 9.17) is 14.2 Å². The minimum Gasteiger partial charge on any atom is -0.496 e. The molecule has 5 heteroatoms. The van der Waals surface area contributed by atoms with Crippen molar-refractivity contribution in [1.29, 1.82) is 0 Å². The van der Waals surface area contributed by atoms with E-state index in [1.165, 1.54) is 0 Å². The predicted octanol–water partition coefficient (Wildman–Crippen LogP) is 2.02. The fourth-order valence-corrected chi connectivity index (χ4v) is 2.37. The van der Waals surface area contributed by atoms with E-state index in [1.807, 2.05) is 19.1 Å². The van der Waals surface area contributed by atoms with Gasteiger partial charge in [-0.05, 0) is 25.5 Å². The maximum absolute atomic E-state index is 12.0. The third-order valence-corrected chi connectivity index (χ3v) is 3.36. The maximum Gasteiger partial charge on any atom is 0.342 e. The summed E-state index contributed by atoms with van der Waals surface area (Å²) in [7, 11) is 1.57. The normalized spacial score (nSPS) is 15.1. The smallest absolute Gasteiger partial charge is 0.342 e. The van der Waals surface area contributed by atoms with Crippen LogP contribution in [0.4, 0.5) is 5.69 Å². The third-order valence-electron chi connectivity index (χ3n) is 3.36. The third kappa shape index (κ3) is 3.04. The number of carbonyl (C=O) groups excluding carboxylic acids is 1. The van der Waals surface area contributed by atoms with Crippen LogP contribution in [0.3, 0.4) is 0 Å². The lowest BCUT2D eigenvalue weighted by atomic mass is 10.1. The monoisotopic (exact) mass is 279 g/mol. The van der Waals surface area contributed by atoms with Crippen molar-refractivity contribution in [2.45, 2.75) is 13.8 Å². The number of hydrogen-bond donors (Lipinski definition) is 0. The summed E-state index contributed by atoms with van der Waals surface area (Å²) in [6.07, 6.45) is 0. The van der Waals surface area contributed by atoms with Crippen LogP contribution in [0, 0.1) is 6.92 Å². The molecule has 2 rings (SSSR count). The molecule has 0 aliphatic carbocycles. The van der Waals surface area contributed by atoms with Crippen molar-refractivity contribution < 1.29 is 19.0 Å². The molecule has 20 heavy (non-hydrogen) atoms. The highest BCUT2D eigenvalue weighted by atomic mass is 16.5. The lowest BCUT2D eigenvalue weighted by Crippen LogP contribution is -2.36. The molecule has 1 aliphatic rings. The lowest BCUT2D eigenvalue weighted by Gasteiger charge is -2.29. The molecule has 0 radical (unpaired) electrons. The van der Waals surface area contributed by atoms with Gasteiger partial charge in [-0.1, -0.05) is 0 Å². The second kappa shape index (κ2) is 6.61. The molecule has 1 aromatic carbocycles. The van der Waals surface area contributed by atoms with Gasteiger partial charge < -0.3 is 19.1 Å². The number of morpholine rings is 1. The van der Waals surface area contributed by atoms with Gasteiger partial charge in [0.1, 0.15) is 11.3 Å². The highest BCUT2D eigenvalue weighted by molar-refractivity contribution is 5.95. The van der Waals surface area contributed by atoms with Crippen molar-refractivity contribution >= 4 is 11.7 Å². The van der Waals surface area contributed by atoms with E-state index in [1.54, 1.807) is 14.0 Å². The number of hydrogen-bond acceptors (Lipinski definition) is 5. The number of ether oxygens (including phenoxy) is 3. The van der Waals surface area contributed by atoms with Crippen LogP contribution in [0.1, 0.15) is 22.8 Å². The Hall–Kier alpha value is -1.75. The zero-order valence-electron chi connectivity index (χ0n) is 12.3. The summed E-state index contributed by atoms with van der Waals surface area (Å²) in [6, 6.07) is 3.89. The summed E-state index contributed by atoms with van der Waals surface area (Å²) in [5.41, 5.74) is 2.42. The van der Waals surface area contributed by atoms with Crippen molar-refractivity contribution in [3.05, 3.63) is 23.3 Å². The first-order valence-corrected chi connectivity index (χ1v) is 6.85. The number of aryl methyl sites for hydroxylation is 1. The van der Waals surface area contributed by atoms with Gasteiger partial charge in [0.25, 0.3) is 0 Å². The van der Waals surface area contributed by atoms with Crippen molar-refractivity contribution in [3.8, 4) is 5.75 Å². The van der Waals surface area contributed by atoms with Crippen LogP contribution in [-0.2, 0) is 9.47 Å². The van der Waals surface area contributed by atoms with Gasteiger partial charge in [0.2, 0.25) is 0 Å². The first-order valence-electron chi connectivity index (χ1n) is 6.85. The second-order valence-electron chi connectivity index (χ2n) is 4.66. The minimum absolute atomic E-state index is 0.338. The van der Waals surface area contributed by atoms with Crippen LogP contribution >= 0.6 is 0 Å². The molecule has 1 fully saturated rings. The summed E-state index contributed by atoms with van der Waals surface area (Å²) in [6.45, 7) is 7.19. The van der Waals surface area contributed by atoms with Crippen LogP contribution in [-0.4, -0.2) is 46.0 Å². The molecule has 0 saturated carbocycles. The standard InChI is InChI=1S/C15H21NO4/c1-4-20-15(17)14-11(2)9-12(10-13(14)18-3)16-5-7-19-8-6-16/h9-10H,4-8H2,1-3H3. The van der Waals surface area contributed by atoms with Crippen LogP contribution in [0.5, 0.6) is 5.75 Å². The van der Waals surface area contributed by atoms with E-state index in [0.29, 0.717) is 17.9 Å².